The number of ether oxygens (including phenoxy) is 2. The second-order valence-electron chi connectivity index (χ2n) is 4.26. The zero-order chi connectivity index (χ0) is 14.1. The van der Waals surface area contributed by atoms with Gasteiger partial charge in [0.1, 0.15) is 19.0 Å². The number of anilines is 1. The number of aromatic nitrogens is 1. The molecule has 20 heavy (non-hydrogen) atoms. The van der Waals surface area contributed by atoms with Crippen LogP contribution in [0.3, 0.4) is 0 Å². The molecule has 0 radical (unpaired) electrons. The predicted octanol–water partition coefficient (Wildman–Crippen LogP) is 3.87. The molecule has 0 saturated heterocycles. The van der Waals surface area contributed by atoms with Gasteiger partial charge in [-0.25, -0.2) is 4.98 Å². The molecule has 1 aliphatic heterocycles. The first-order valence-corrected chi connectivity index (χ1v) is 6.88. The van der Waals surface area contributed by atoms with Crippen LogP contribution in [0.5, 0.6) is 11.5 Å². The number of pyridine rings is 1. The summed E-state index contributed by atoms with van der Waals surface area (Å²) < 4.78 is 11.1. The van der Waals surface area contributed by atoms with Crippen LogP contribution in [0.1, 0.15) is 0 Å². The van der Waals surface area contributed by atoms with Crippen LogP contribution in [-0.4, -0.2) is 25.2 Å². The summed E-state index contributed by atoms with van der Waals surface area (Å²) in [6.45, 7) is 1.11. The molecule has 0 amide bonds. The van der Waals surface area contributed by atoms with Crippen LogP contribution in [0, 0.1) is 0 Å². The van der Waals surface area contributed by atoms with Crippen molar-refractivity contribution in [2.24, 2.45) is 0 Å². The Morgan fingerprint density at radius 3 is 2.55 bits per heavy atom. The van der Waals surface area contributed by atoms with E-state index in [0.717, 1.165) is 11.3 Å². The average Bonchev–Trinajstić information content (AvgIpc) is 2.47. The molecular formula is C14H12Cl2N2O2. The molecule has 6 heteroatoms. The van der Waals surface area contributed by atoms with Crippen LogP contribution < -0.4 is 14.8 Å². The summed E-state index contributed by atoms with van der Waals surface area (Å²) in [4.78, 5) is 4.44. The van der Waals surface area contributed by atoms with E-state index < -0.39 is 0 Å². The molecule has 0 spiro atoms. The van der Waals surface area contributed by atoms with Gasteiger partial charge >= 0.3 is 0 Å². The molecule has 0 unspecified atom stereocenters. The SMILES string of the molecule is CNc1nc(-c2ccc3c(c2)OCCO3)c(Cl)cc1Cl. The first-order chi connectivity index (χ1) is 9.69. The van der Waals surface area contributed by atoms with E-state index in [4.69, 9.17) is 32.7 Å². The highest BCUT2D eigenvalue weighted by Gasteiger charge is 2.15. The van der Waals surface area contributed by atoms with Crippen molar-refractivity contribution in [3.8, 4) is 22.8 Å². The monoisotopic (exact) mass is 310 g/mol. The number of rotatable bonds is 2. The molecular weight excluding hydrogens is 299 g/mol. The minimum atomic E-state index is 0.485. The van der Waals surface area contributed by atoms with Gasteiger partial charge in [-0.1, -0.05) is 23.2 Å². The van der Waals surface area contributed by atoms with Crippen LogP contribution in [0.4, 0.5) is 5.82 Å². The Balaban J connectivity index is 2.08. The summed E-state index contributed by atoms with van der Waals surface area (Å²) in [5.74, 6) is 2.02. The topological polar surface area (TPSA) is 43.4 Å². The van der Waals surface area contributed by atoms with Gasteiger partial charge in [0.25, 0.3) is 0 Å². The molecule has 1 aromatic carbocycles. The van der Waals surface area contributed by atoms with Crippen molar-refractivity contribution in [1.29, 1.82) is 0 Å². The maximum absolute atomic E-state index is 6.23. The zero-order valence-corrected chi connectivity index (χ0v) is 12.3. The normalized spacial score (nSPS) is 13.2. The lowest BCUT2D eigenvalue weighted by Crippen LogP contribution is -2.15. The van der Waals surface area contributed by atoms with Crippen molar-refractivity contribution in [1.82, 2.24) is 4.98 Å². The predicted molar refractivity (Wildman–Crippen MR) is 80.2 cm³/mol. The van der Waals surface area contributed by atoms with E-state index in [9.17, 15) is 0 Å². The second kappa shape index (κ2) is 5.38. The Bertz CT molecular complexity index is 662. The van der Waals surface area contributed by atoms with Crippen molar-refractivity contribution in [2.45, 2.75) is 0 Å². The number of halogens is 2. The van der Waals surface area contributed by atoms with Gasteiger partial charge in [-0.15, -0.1) is 0 Å². The van der Waals surface area contributed by atoms with Gasteiger partial charge in [-0.05, 0) is 24.3 Å². The van der Waals surface area contributed by atoms with Crippen LogP contribution >= 0.6 is 23.2 Å². The number of hydrogen-bond acceptors (Lipinski definition) is 4. The summed E-state index contributed by atoms with van der Waals surface area (Å²) in [5, 5.41) is 3.91. The number of fused-ring (bicyclic) bond motifs is 1. The Kier molecular flexibility index (Phi) is 3.59. The Morgan fingerprint density at radius 1 is 1.05 bits per heavy atom. The molecule has 4 nitrogen and oxygen atoms in total. The third-order valence-corrected chi connectivity index (χ3v) is 3.56. The Labute approximate surface area is 126 Å². The molecule has 2 heterocycles. The van der Waals surface area contributed by atoms with Crippen LogP contribution in [0.15, 0.2) is 24.3 Å². The van der Waals surface area contributed by atoms with Crippen molar-refractivity contribution in [3.63, 3.8) is 0 Å². The van der Waals surface area contributed by atoms with Gasteiger partial charge in [0, 0.05) is 12.6 Å². The minimum absolute atomic E-state index is 0.485. The fourth-order valence-corrected chi connectivity index (χ4v) is 2.60. The lowest BCUT2D eigenvalue weighted by molar-refractivity contribution is 0.171. The van der Waals surface area contributed by atoms with Crippen molar-refractivity contribution < 1.29 is 9.47 Å². The lowest BCUT2D eigenvalue weighted by atomic mass is 10.1. The fourth-order valence-electron chi connectivity index (χ4n) is 2.03. The molecule has 0 aliphatic carbocycles. The maximum Gasteiger partial charge on any atom is 0.162 e. The average molecular weight is 311 g/mol. The van der Waals surface area contributed by atoms with Gasteiger partial charge in [-0.3, -0.25) is 0 Å². The molecule has 0 saturated carbocycles. The van der Waals surface area contributed by atoms with E-state index in [0.29, 0.717) is 40.5 Å². The van der Waals surface area contributed by atoms with Gasteiger partial charge < -0.3 is 14.8 Å². The zero-order valence-electron chi connectivity index (χ0n) is 10.7. The Morgan fingerprint density at radius 2 is 1.80 bits per heavy atom. The van der Waals surface area contributed by atoms with Crippen LogP contribution in [-0.2, 0) is 0 Å². The van der Waals surface area contributed by atoms with Gasteiger partial charge in [0.05, 0.1) is 15.7 Å². The highest BCUT2D eigenvalue weighted by Crippen LogP contribution is 2.37. The first kappa shape index (κ1) is 13.3. The summed E-state index contributed by atoms with van der Waals surface area (Å²) >= 11 is 12.3. The van der Waals surface area contributed by atoms with E-state index in [1.165, 1.54) is 0 Å². The van der Waals surface area contributed by atoms with Gasteiger partial charge in [0.2, 0.25) is 0 Å². The van der Waals surface area contributed by atoms with Crippen LogP contribution in [0.25, 0.3) is 11.3 Å². The molecule has 104 valence electrons. The number of nitrogens with zero attached hydrogens (tertiary/aromatic N) is 1. The third kappa shape index (κ3) is 2.37. The van der Waals surface area contributed by atoms with E-state index in [1.54, 1.807) is 13.1 Å². The van der Waals surface area contributed by atoms with Crippen molar-refractivity contribution >= 4 is 29.0 Å². The second-order valence-corrected chi connectivity index (χ2v) is 5.07. The van der Waals surface area contributed by atoms with E-state index in [-0.39, 0.29) is 0 Å². The number of nitrogens with one attached hydrogen (secondary N) is 1. The highest BCUT2D eigenvalue weighted by atomic mass is 35.5. The largest absolute Gasteiger partial charge is 0.486 e. The van der Waals surface area contributed by atoms with Gasteiger partial charge in [-0.2, -0.15) is 0 Å². The summed E-state index contributed by atoms with van der Waals surface area (Å²) in [7, 11) is 1.76. The Hall–Kier alpha value is -1.65. The fraction of sp³-hybridized carbons (Fsp3) is 0.214. The quantitative estimate of drug-likeness (QED) is 0.914. The van der Waals surface area contributed by atoms with Gasteiger partial charge in [0.15, 0.2) is 11.5 Å². The highest BCUT2D eigenvalue weighted by molar-refractivity contribution is 6.37. The third-order valence-electron chi connectivity index (χ3n) is 2.98. The smallest absolute Gasteiger partial charge is 0.162 e. The minimum Gasteiger partial charge on any atom is -0.486 e. The number of benzene rings is 1. The van der Waals surface area contributed by atoms with E-state index in [2.05, 4.69) is 10.3 Å². The van der Waals surface area contributed by atoms with E-state index in [1.807, 2.05) is 18.2 Å². The summed E-state index contributed by atoms with van der Waals surface area (Å²) in [6.07, 6.45) is 0. The standard InChI is InChI=1S/C14H12Cl2N2O2/c1-17-14-10(16)7-9(15)13(18-14)8-2-3-11-12(6-8)20-5-4-19-11/h2-3,6-7H,4-5H2,1H3,(H,17,18). The molecule has 0 bridgehead atoms. The molecule has 0 fully saturated rings. The molecule has 0 atom stereocenters. The van der Waals surface area contributed by atoms with E-state index >= 15 is 0 Å². The molecule has 1 aromatic heterocycles. The molecule has 2 aromatic rings. The van der Waals surface area contributed by atoms with Crippen LogP contribution in [0.2, 0.25) is 10.0 Å². The summed E-state index contributed by atoms with van der Waals surface area (Å²) in [6, 6.07) is 7.30. The van der Waals surface area contributed by atoms with Crippen molar-refractivity contribution in [3.05, 3.63) is 34.3 Å². The number of hydrogen-bond donors (Lipinski definition) is 1. The molecule has 1 N–H and O–H groups in total. The lowest BCUT2D eigenvalue weighted by Gasteiger charge is -2.19. The first-order valence-electron chi connectivity index (χ1n) is 6.13. The molecule has 1 aliphatic rings. The molecule has 3 rings (SSSR count). The summed E-state index contributed by atoms with van der Waals surface area (Å²) in [5.41, 5.74) is 1.50. The van der Waals surface area contributed by atoms with Crippen molar-refractivity contribution in [2.75, 3.05) is 25.6 Å². The maximum atomic E-state index is 6.23.